The van der Waals surface area contributed by atoms with Crippen LogP contribution in [0.2, 0.25) is 0 Å². The number of amides is 2. The summed E-state index contributed by atoms with van der Waals surface area (Å²) in [5, 5.41) is 14.3. The van der Waals surface area contributed by atoms with E-state index in [-0.39, 0.29) is 11.4 Å². The fourth-order valence-electron chi connectivity index (χ4n) is 1.57. The number of carbonyl (C=O) groups is 2. The number of hydrogen-bond donors (Lipinski definition) is 2. The lowest BCUT2D eigenvalue weighted by Crippen LogP contribution is -2.12. The Morgan fingerprint density at radius 2 is 2.29 bits per heavy atom. The molecule has 1 aliphatic carbocycles. The van der Waals surface area contributed by atoms with Crippen LogP contribution < -0.4 is 11.1 Å². The number of nitrogens with zero attached hydrogens (tertiary/aromatic N) is 3. The summed E-state index contributed by atoms with van der Waals surface area (Å²) in [6.45, 7) is 0. The molecule has 0 atom stereocenters. The van der Waals surface area contributed by atoms with Crippen molar-refractivity contribution in [2.24, 2.45) is 5.73 Å². The molecule has 10 heteroatoms. The van der Waals surface area contributed by atoms with Crippen LogP contribution in [0.3, 0.4) is 0 Å². The molecule has 110 valence electrons. The van der Waals surface area contributed by atoms with E-state index in [0.717, 1.165) is 18.6 Å². The second kappa shape index (κ2) is 5.82. The minimum Gasteiger partial charge on any atom is -0.369 e. The molecule has 2 heterocycles. The maximum atomic E-state index is 12.0. The van der Waals surface area contributed by atoms with Gasteiger partial charge < -0.3 is 10.3 Å². The minimum atomic E-state index is -0.434. The lowest BCUT2D eigenvalue weighted by atomic mass is 10.3. The van der Waals surface area contributed by atoms with Crippen molar-refractivity contribution in [1.82, 2.24) is 15.4 Å². The molecule has 0 spiro atoms. The maximum Gasteiger partial charge on any atom is 0.279 e. The van der Waals surface area contributed by atoms with E-state index < -0.39 is 11.8 Å². The van der Waals surface area contributed by atoms with Gasteiger partial charge in [0.25, 0.3) is 5.91 Å². The number of nitrogens with one attached hydrogen (secondary N) is 1. The molecule has 2 aromatic rings. The molecule has 21 heavy (non-hydrogen) atoms. The van der Waals surface area contributed by atoms with Gasteiger partial charge >= 0.3 is 0 Å². The highest BCUT2D eigenvalue weighted by molar-refractivity contribution is 8.01. The Morgan fingerprint density at radius 3 is 3.00 bits per heavy atom. The Morgan fingerprint density at radius 1 is 1.48 bits per heavy atom. The van der Waals surface area contributed by atoms with Crippen LogP contribution in [0.5, 0.6) is 0 Å². The van der Waals surface area contributed by atoms with E-state index >= 15 is 0 Å². The number of rotatable bonds is 6. The van der Waals surface area contributed by atoms with E-state index in [0.29, 0.717) is 15.4 Å². The summed E-state index contributed by atoms with van der Waals surface area (Å²) in [4.78, 5) is 22.6. The highest BCUT2D eigenvalue weighted by atomic mass is 32.2. The minimum absolute atomic E-state index is 0.122. The van der Waals surface area contributed by atoms with Crippen LogP contribution in [0.4, 0.5) is 5.13 Å². The predicted octanol–water partition coefficient (Wildman–Crippen LogP) is 1.23. The van der Waals surface area contributed by atoms with E-state index in [4.69, 9.17) is 10.3 Å². The van der Waals surface area contributed by atoms with E-state index in [2.05, 4.69) is 20.7 Å². The van der Waals surface area contributed by atoms with Gasteiger partial charge in [-0.25, -0.2) is 0 Å². The van der Waals surface area contributed by atoms with Crippen LogP contribution >= 0.6 is 23.1 Å². The second-order valence-electron chi connectivity index (χ2n) is 4.47. The quantitative estimate of drug-likeness (QED) is 0.604. The molecule has 3 N–H and O–H groups in total. The molecule has 1 saturated carbocycles. The first-order valence-corrected chi connectivity index (χ1v) is 7.94. The Kier molecular flexibility index (Phi) is 3.88. The zero-order valence-corrected chi connectivity index (χ0v) is 12.4. The molecule has 3 rings (SSSR count). The average molecular weight is 325 g/mol. The third-order valence-corrected chi connectivity index (χ3v) is 4.70. The number of thioether (sulfide) groups is 1. The molecule has 0 aliphatic heterocycles. The standard InChI is InChI=1S/C11H11N5O3S2/c12-8(17)4-20-11-15-14-10(21-11)13-9(18)6-3-7(19-16-6)5-1-2-5/h3,5H,1-2,4H2,(H2,12,17)(H,13,14,18). The topological polar surface area (TPSA) is 124 Å². The monoisotopic (exact) mass is 325 g/mol. The number of primary amides is 1. The first kappa shape index (κ1) is 14.0. The van der Waals surface area contributed by atoms with Crippen LogP contribution in [-0.2, 0) is 4.79 Å². The van der Waals surface area contributed by atoms with Gasteiger partial charge in [-0.3, -0.25) is 14.9 Å². The Balaban J connectivity index is 1.59. The SMILES string of the molecule is NC(=O)CSc1nnc(NC(=O)c2cc(C3CC3)on2)s1. The summed E-state index contributed by atoms with van der Waals surface area (Å²) in [7, 11) is 0. The zero-order valence-electron chi connectivity index (χ0n) is 10.7. The van der Waals surface area contributed by atoms with Gasteiger partial charge in [0.2, 0.25) is 11.0 Å². The van der Waals surface area contributed by atoms with Gasteiger partial charge in [0.15, 0.2) is 10.0 Å². The number of anilines is 1. The lowest BCUT2D eigenvalue weighted by Gasteiger charge is -1.94. The first-order chi connectivity index (χ1) is 10.1. The second-order valence-corrected chi connectivity index (χ2v) is 6.67. The van der Waals surface area contributed by atoms with E-state index in [1.165, 1.54) is 23.1 Å². The smallest absolute Gasteiger partial charge is 0.279 e. The van der Waals surface area contributed by atoms with Crippen LogP contribution in [0.1, 0.15) is 35.0 Å². The van der Waals surface area contributed by atoms with Crippen molar-refractivity contribution in [3.8, 4) is 0 Å². The van der Waals surface area contributed by atoms with E-state index in [1.54, 1.807) is 6.07 Å². The third kappa shape index (κ3) is 3.58. The van der Waals surface area contributed by atoms with Gasteiger partial charge in [0.1, 0.15) is 5.76 Å². The zero-order chi connectivity index (χ0) is 14.8. The number of hydrogen-bond acceptors (Lipinski definition) is 8. The summed E-state index contributed by atoms with van der Waals surface area (Å²) >= 11 is 2.34. The van der Waals surface area contributed by atoms with Crippen LogP contribution in [0, 0.1) is 0 Å². The molecule has 8 nitrogen and oxygen atoms in total. The van der Waals surface area contributed by atoms with E-state index in [9.17, 15) is 9.59 Å². The van der Waals surface area contributed by atoms with Gasteiger partial charge in [-0.15, -0.1) is 10.2 Å². The molecule has 0 aromatic carbocycles. The molecule has 0 bridgehead atoms. The van der Waals surface area contributed by atoms with Gasteiger partial charge in [-0.2, -0.15) is 0 Å². The van der Waals surface area contributed by atoms with Crippen molar-refractivity contribution in [3.05, 3.63) is 17.5 Å². The van der Waals surface area contributed by atoms with Crippen molar-refractivity contribution >= 4 is 40.0 Å². The molecule has 1 aliphatic rings. The molecule has 0 unspecified atom stereocenters. The Labute approximate surface area is 127 Å². The highest BCUT2D eigenvalue weighted by Gasteiger charge is 2.29. The predicted molar refractivity (Wildman–Crippen MR) is 76.3 cm³/mol. The van der Waals surface area contributed by atoms with Crippen LogP contribution in [0.25, 0.3) is 0 Å². The summed E-state index contributed by atoms with van der Waals surface area (Å²) in [6.07, 6.45) is 2.15. The van der Waals surface area contributed by atoms with Gasteiger partial charge in [0, 0.05) is 12.0 Å². The molecule has 2 amide bonds. The summed E-state index contributed by atoms with van der Waals surface area (Å²) in [5.41, 5.74) is 5.26. The Bertz CT molecular complexity index is 679. The normalized spacial score (nSPS) is 14.1. The van der Waals surface area contributed by atoms with Gasteiger partial charge in [0.05, 0.1) is 5.75 Å². The number of nitrogens with two attached hydrogens (primary N) is 1. The van der Waals surface area contributed by atoms with E-state index in [1.807, 2.05) is 0 Å². The number of carbonyl (C=O) groups excluding carboxylic acids is 2. The Hall–Kier alpha value is -1.94. The lowest BCUT2D eigenvalue weighted by molar-refractivity contribution is -0.115. The van der Waals surface area contributed by atoms with Gasteiger partial charge in [-0.1, -0.05) is 28.3 Å². The maximum absolute atomic E-state index is 12.0. The summed E-state index contributed by atoms with van der Waals surface area (Å²) < 4.78 is 5.68. The largest absolute Gasteiger partial charge is 0.369 e. The van der Waals surface area contributed by atoms with Crippen LogP contribution in [0.15, 0.2) is 14.9 Å². The van der Waals surface area contributed by atoms with Crippen LogP contribution in [-0.4, -0.2) is 32.9 Å². The molecular formula is C11H11N5O3S2. The van der Waals surface area contributed by atoms with Crippen molar-refractivity contribution in [2.45, 2.75) is 23.1 Å². The summed E-state index contributed by atoms with van der Waals surface area (Å²) in [5.74, 6) is 0.438. The third-order valence-electron chi connectivity index (χ3n) is 2.71. The molecule has 0 saturated heterocycles. The van der Waals surface area contributed by atoms with Crippen molar-refractivity contribution in [3.63, 3.8) is 0 Å². The fraction of sp³-hybridized carbons (Fsp3) is 0.364. The molecule has 2 aromatic heterocycles. The fourth-order valence-corrected chi connectivity index (χ4v) is 3.06. The van der Waals surface area contributed by atoms with Crippen molar-refractivity contribution < 1.29 is 14.1 Å². The molecular weight excluding hydrogens is 314 g/mol. The van der Waals surface area contributed by atoms with Crippen molar-refractivity contribution in [2.75, 3.05) is 11.1 Å². The molecule has 0 radical (unpaired) electrons. The average Bonchev–Trinajstić information content (AvgIpc) is 3.01. The first-order valence-electron chi connectivity index (χ1n) is 6.14. The van der Waals surface area contributed by atoms with Crippen molar-refractivity contribution in [1.29, 1.82) is 0 Å². The number of aromatic nitrogens is 3. The summed E-state index contributed by atoms with van der Waals surface area (Å²) in [6, 6.07) is 1.65. The van der Waals surface area contributed by atoms with Gasteiger partial charge in [-0.05, 0) is 12.8 Å². The molecule has 1 fully saturated rings. The highest BCUT2D eigenvalue weighted by Crippen LogP contribution is 2.40.